The van der Waals surface area contributed by atoms with E-state index in [2.05, 4.69) is 22.0 Å². The van der Waals surface area contributed by atoms with Gasteiger partial charge in [0.05, 0.1) is 16.8 Å². The molecular weight excluding hydrogens is 326 g/mol. The standard InChI is InChI=1S/C20H19N5O/c1-22-18-7-8-19(15(11-18)12-21)23-16-3-5-17(6-4-16)24-20(26)14-9-10-25(2)13-14/h3-11,13,22-23H,1-2H3,(H,24,26). The molecule has 0 aliphatic rings. The number of nitrogens with zero attached hydrogens (tertiary/aromatic N) is 2. The van der Waals surface area contributed by atoms with Crippen LogP contribution in [0.25, 0.3) is 0 Å². The fraction of sp³-hybridized carbons (Fsp3) is 0.100. The van der Waals surface area contributed by atoms with E-state index in [4.69, 9.17) is 0 Å². The molecule has 0 unspecified atom stereocenters. The maximum atomic E-state index is 12.2. The van der Waals surface area contributed by atoms with E-state index in [-0.39, 0.29) is 5.91 Å². The Hall–Kier alpha value is -3.72. The zero-order valence-electron chi connectivity index (χ0n) is 14.6. The zero-order valence-corrected chi connectivity index (χ0v) is 14.6. The van der Waals surface area contributed by atoms with E-state index >= 15 is 0 Å². The van der Waals surface area contributed by atoms with E-state index in [1.807, 2.05) is 61.3 Å². The normalized spacial score (nSPS) is 10.0. The van der Waals surface area contributed by atoms with Crippen molar-refractivity contribution in [2.75, 3.05) is 23.0 Å². The van der Waals surface area contributed by atoms with Crippen molar-refractivity contribution in [2.45, 2.75) is 0 Å². The number of carbonyl (C=O) groups excluding carboxylic acids is 1. The van der Waals surface area contributed by atoms with E-state index in [0.717, 1.165) is 17.1 Å². The number of nitrogens with one attached hydrogen (secondary N) is 3. The van der Waals surface area contributed by atoms with E-state index in [0.29, 0.717) is 16.8 Å². The van der Waals surface area contributed by atoms with Gasteiger partial charge in [-0.1, -0.05) is 0 Å². The second-order valence-corrected chi connectivity index (χ2v) is 5.84. The molecule has 1 amide bonds. The third-order valence-electron chi connectivity index (χ3n) is 3.94. The molecule has 0 aliphatic carbocycles. The molecule has 0 fully saturated rings. The molecule has 6 nitrogen and oxygen atoms in total. The number of aromatic nitrogens is 1. The summed E-state index contributed by atoms with van der Waals surface area (Å²) in [6.07, 6.45) is 3.59. The molecule has 6 heteroatoms. The first kappa shape index (κ1) is 17.1. The largest absolute Gasteiger partial charge is 0.388 e. The summed E-state index contributed by atoms with van der Waals surface area (Å²) in [5.41, 5.74) is 4.31. The minimum atomic E-state index is -0.152. The predicted molar refractivity (Wildman–Crippen MR) is 104 cm³/mol. The smallest absolute Gasteiger partial charge is 0.257 e. The average Bonchev–Trinajstić information content (AvgIpc) is 3.10. The minimum absolute atomic E-state index is 0.152. The van der Waals surface area contributed by atoms with Crippen LogP contribution < -0.4 is 16.0 Å². The number of aryl methyl sites for hydroxylation is 1. The van der Waals surface area contributed by atoms with Crippen molar-refractivity contribution in [3.05, 3.63) is 72.1 Å². The second-order valence-electron chi connectivity index (χ2n) is 5.84. The Bertz CT molecular complexity index is 967. The van der Waals surface area contributed by atoms with E-state index in [1.54, 1.807) is 18.3 Å². The summed E-state index contributed by atoms with van der Waals surface area (Å²) in [7, 11) is 3.68. The van der Waals surface area contributed by atoms with Gasteiger partial charge >= 0.3 is 0 Å². The van der Waals surface area contributed by atoms with Gasteiger partial charge in [0, 0.05) is 43.6 Å². The SMILES string of the molecule is CNc1ccc(Nc2ccc(NC(=O)c3ccn(C)c3)cc2)c(C#N)c1. The van der Waals surface area contributed by atoms with Crippen LogP contribution in [0.4, 0.5) is 22.7 Å². The quantitative estimate of drug-likeness (QED) is 0.654. The molecule has 0 saturated carbocycles. The van der Waals surface area contributed by atoms with Gasteiger partial charge in [-0.05, 0) is 48.5 Å². The van der Waals surface area contributed by atoms with Crippen LogP contribution in [-0.2, 0) is 7.05 Å². The molecule has 0 bridgehead atoms. The highest BCUT2D eigenvalue weighted by molar-refractivity contribution is 6.04. The lowest BCUT2D eigenvalue weighted by atomic mass is 10.1. The topological polar surface area (TPSA) is 81.9 Å². The zero-order chi connectivity index (χ0) is 18.5. The van der Waals surface area contributed by atoms with Crippen molar-refractivity contribution in [3.63, 3.8) is 0 Å². The maximum Gasteiger partial charge on any atom is 0.257 e. The van der Waals surface area contributed by atoms with Crippen molar-refractivity contribution in [2.24, 2.45) is 7.05 Å². The maximum absolute atomic E-state index is 12.2. The van der Waals surface area contributed by atoms with Crippen LogP contribution in [0.3, 0.4) is 0 Å². The highest BCUT2D eigenvalue weighted by Crippen LogP contribution is 2.24. The Labute approximate surface area is 152 Å². The minimum Gasteiger partial charge on any atom is -0.388 e. The summed E-state index contributed by atoms with van der Waals surface area (Å²) >= 11 is 0. The fourth-order valence-electron chi connectivity index (χ4n) is 2.53. The number of nitriles is 1. The summed E-state index contributed by atoms with van der Waals surface area (Å²) in [6, 6.07) is 16.8. The summed E-state index contributed by atoms with van der Waals surface area (Å²) in [4.78, 5) is 12.2. The van der Waals surface area contributed by atoms with Gasteiger partial charge in [0.25, 0.3) is 5.91 Å². The van der Waals surface area contributed by atoms with Crippen LogP contribution in [0.1, 0.15) is 15.9 Å². The summed E-state index contributed by atoms with van der Waals surface area (Å²) in [5, 5.41) is 18.4. The first-order valence-electron chi connectivity index (χ1n) is 8.11. The van der Waals surface area contributed by atoms with Gasteiger partial charge < -0.3 is 20.5 Å². The van der Waals surface area contributed by atoms with Gasteiger partial charge in [0.15, 0.2) is 0 Å². The molecule has 0 spiro atoms. The molecule has 1 aromatic heterocycles. The Balaban J connectivity index is 1.70. The molecule has 130 valence electrons. The lowest BCUT2D eigenvalue weighted by Crippen LogP contribution is -2.10. The van der Waals surface area contributed by atoms with E-state index < -0.39 is 0 Å². The molecule has 3 N–H and O–H groups in total. The third kappa shape index (κ3) is 3.84. The van der Waals surface area contributed by atoms with Crippen LogP contribution in [-0.4, -0.2) is 17.5 Å². The Morgan fingerprint density at radius 3 is 2.35 bits per heavy atom. The van der Waals surface area contributed by atoms with Gasteiger partial charge in [-0.15, -0.1) is 0 Å². The van der Waals surface area contributed by atoms with Gasteiger partial charge in [0.1, 0.15) is 6.07 Å². The van der Waals surface area contributed by atoms with Crippen molar-refractivity contribution < 1.29 is 4.79 Å². The Morgan fingerprint density at radius 1 is 1.04 bits per heavy atom. The summed E-state index contributed by atoms with van der Waals surface area (Å²) in [5.74, 6) is -0.152. The number of anilines is 4. The predicted octanol–water partition coefficient (Wildman–Crippen LogP) is 3.93. The van der Waals surface area contributed by atoms with Crippen molar-refractivity contribution in [1.29, 1.82) is 5.26 Å². The number of hydrogen-bond donors (Lipinski definition) is 3. The van der Waals surface area contributed by atoms with Crippen LogP contribution in [0.15, 0.2) is 60.9 Å². The van der Waals surface area contributed by atoms with Crippen LogP contribution in [0.2, 0.25) is 0 Å². The van der Waals surface area contributed by atoms with Gasteiger partial charge in [-0.25, -0.2) is 0 Å². The molecule has 26 heavy (non-hydrogen) atoms. The molecule has 2 aromatic carbocycles. The van der Waals surface area contributed by atoms with Gasteiger partial charge in [-0.3, -0.25) is 4.79 Å². The van der Waals surface area contributed by atoms with Crippen LogP contribution in [0, 0.1) is 11.3 Å². The molecule has 0 atom stereocenters. The van der Waals surface area contributed by atoms with Crippen LogP contribution in [0.5, 0.6) is 0 Å². The van der Waals surface area contributed by atoms with Crippen LogP contribution >= 0.6 is 0 Å². The number of amides is 1. The molecule has 0 radical (unpaired) electrons. The first-order valence-corrected chi connectivity index (χ1v) is 8.11. The molecular formula is C20H19N5O. The molecule has 0 aliphatic heterocycles. The summed E-state index contributed by atoms with van der Waals surface area (Å²) < 4.78 is 1.83. The van der Waals surface area contributed by atoms with Gasteiger partial charge in [0.2, 0.25) is 0 Å². The summed E-state index contributed by atoms with van der Waals surface area (Å²) in [6.45, 7) is 0. The molecule has 3 rings (SSSR count). The number of hydrogen-bond acceptors (Lipinski definition) is 4. The highest BCUT2D eigenvalue weighted by Gasteiger charge is 2.08. The molecule has 3 aromatic rings. The van der Waals surface area contributed by atoms with Crippen molar-refractivity contribution >= 4 is 28.7 Å². The molecule has 0 saturated heterocycles. The van der Waals surface area contributed by atoms with Crippen molar-refractivity contribution in [3.8, 4) is 6.07 Å². The Morgan fingerprint density at radius 2 is 1.73 bits per heavy atom. The number of rotatable bonds is 5. The Kier molecular flexibility index (Phi) is 4.90. The second kappa shape index (κ2) is 7.45. The van der Waals surface area contributed by atoms with Crippen molar-refractivity contribution in [1.82, 2.24) is 4.57 Å². The van der Waals surface area contributed by atoms with E-state index in [9.17, 15) is 10.1 Å². The first-order chi connectivity index (χ1) is 12.6. The number of benzene rings is 2. The van der Waals surface area contributed by atoms with E-state index in [1.165, 1.54) is 0 Å². The lowest BCUT2D eigenvalue weighted by molar-refractivity contribution is 0.102. The fourth-order valence-corrected chi connectivity index (χ4v) is 2.53. The third-order valence-corrected chi connectivity index (χ3v) is 3.94. The monoisotopic (exact) mass is 345 g/mol. The average molecular weight is 345 g/mol. The highest BCUT2D eigenvalue weighted by atomic mass is 16.1. The lowest BCUT2D eigenvalue weighted by Gasteiger charge is -2.11. The number of carbonyl (C=O) groups is 1. The molecule has 1 heterocycles. The van der Waals surface area contributed by atoms with Gasteiger partial charge in [-0.2, -0.15) is 5.26 Å².